The zero-order chi connectivity index (χ0) is 16.3. The van der Waals surface area contributed by atoms with Crippen LogP contribution in [0.5, 0.6) is 0 Å². The highest BCUT2D eigenvalue weighted by Gasteiger charge is 2.28. The Labute approximate surface area is 129 Å². The molecular weight excluding hydrogens is 288 g/mol. The smallest absolute Gasteiger partial charge is 0.239 e. The second-order valence-electron chi connectivity index (χ2n) is 5.74. The predicted octanol–water partition coefficient (Wildman–Crippen LogP) is 1.91. The molecule has 1 amide bonds. The van der Waals surface area contributed by atoms with Crippen LogP contribution < -0.4 is 5.73 Å². The van der Waals surface area contributed by atoms with E-state index in [9.17, 15) is 13.6 Å². The highest BCUT2D eigenvalue weighted by Crippen LogP contribution is 2.28. The van der Waals surface area contributed by atoms with Crippen molar-refractivity contribution in [2.24, 2.45) is 5.73 Å². The van der Waals surface area contributed by atoms with E-state index in [4.69, 9.17) is 5.73 Å². The lowest BCUT2D eigenvalue weighted by atomic mass is 10.0. The van der Waals surface area contributed by atoms with Gasteiger partial charge >= 0.3 is 0 Å². The summed E-state index contributed by atoms with van der Waals surface area (Å²) >= 11 is 0. The van der Waals surface area contributed by atoms with Crippen LogP contribution >= 0.6 is 0 Å². The fourth-order valence-electron chi connectivity index (χ4n) is 2.99. The molecule has 0 spiro atoms. The molecule has 6 heteroatoms. The SMILES string of the molecule is CCC(c1ccc(F)cc1F)N1CCN(C(=O)C(C)N)CC1. The lowest BCUT2D eigenvalue weighted by molar-refractivity contribution is -0.134. The Morgan fingerprint density at radius 2 is 1.91 bits per heavy atom. The highest BCUT2D eigenvalue weighted by atomic mass is 19.1. The van der Waals surface area contributed by atoms with E-state index in [2.05, 4.69) is 4.90 Å². The molecule has 0 aliphatic carbocycles. The molecule has 122 valence electrons. The number of nitrogens with zero attached hydrogens (tertiary/aromatic N) is 2. The number of carbonyl (C=O) groups excluding carboxylic acids is 1. The fourth-order valence-corrected chi connectivity index (χ4v) is 2.99. The lowest BCUT2D eigenvalue weighted by Crippen LogP contribution is -2.53. The first-order valence-corrected chi connectivity index (χ1v) is 7.67. The molecule has 0 bridgehead atoms. The van der Waals surface area contributed by atoms with Crippen LogP contribution in [-0.4, -0.2) is 47.9 Å². The standard InChI is InChI=1S/C16H23F2N3O/c1-3-15(13-5-4-12(17)10-14(13)18)20-6-8-21(9-7-20)16(22)11(2)19/h4-5,10-11,15H,3,6-9,19H2,1-2H3. The number of carbonyl (C=O) groups is 1. The molecule has 2 unspecified atom stereocenters. The van der Waals surface area contributed by atoms with Gasteiger partial charge in [-0.2, -0.15) is 0 Å². The maximum absolute atomic E-state index is 14.0. The van der Waals surface area contributed by atoms with Crippen molar-refractivity contribution in [3.05, 3.63) is 35.4 Å². The van der Waals surface area contributed by atoms with Gasteiger partial charge < -0.3 is 10.6 Å². The summed E-state index contributed by atoms with van der Waals surface area (Å²) in [5.74, 6) is -1.13. The van der Waals surface area contributed by atoms with Crippen LogP contribution in [0.4, 0.5) is 8.78 Å². The largest absolute Gasteiger partial charge is 0.339 e. The second kappa shape index (κ2) is 7.15. The highest BCUT2D eigenvalue weighted by molar-refractivity contribution is 5.81. The third-order valence-corrected chi connectivity index (χ3v) is 4.16. The van der Waals surface area contributed by atoms with E-state index in [1.165, 1.54) is 12.1 Å². The van der Waals surface area contributed by atoms with E-state index in [1.54, 1.807) is 11.8 Å². The zero-order valence-electron chi connectivity index (χ0n) is 13.1. The Morgan fingerprint density at radius 3 is 2.41 bits per heavy atom. The Bertz CT molecular complexity index is 528. The number of hydrogen-bond acceptors (Lipinski definition) is 3. The van der Waals surface area contributed by atoms with E-state index in [0.717, 1.165) is 12.5 Å². The van der Waals surface area contributed by atoms with Gasteiger partial charge in [0.15, 0.2) is 0 Å². The summed E-state index contributed by atoms with van der Waals surface area (Å²) < 4.78 is 27.1. The van der Waals surface area contributed by atoms with Crippen LogP contribution in [0.3, 0.4) is 0 Å². The Hall–Kier alpha value is -1.53. The first-order valence-electron chi connectivity index (χ1n) is 7.67. The molecule has 4 nitrogen and oxygen atoms in total. The molecule has 22 heavy (non-hydrogen) atoms. The number of nitrogens with two attached hydrogens (primary N) is 1. The van der Waals surface area contributed by atoms with Crippen LogP contribution in [-0.2, 0) is 4.79 Å². The van der Waals surface area contributed by atoms with Gasteiger partial charge in [0, 0.05) is 43.9 Å². The molecule has 2 N–H and O–H groups in total. The molecule has 1 aliphatic rings. The van der Waals surface area contributed by atoms with Crippen molar-refractivity contribution in [2.75, 3.05) is 26.2 Å². The van der Waals surface area contributed by atoms with Crippen molar-refractivity contribution >= 4 is 5.91 Å². The molecule has 0 aromatic heterocycles. The van der Waals surface area contributed by atoms with Crippen LogP contribution in [0.15, 0.2) is 18.2 Å². The van der Waals surface area contributed by atoms with Crippen molar-refractivity contribution < 1.29 is 13.6 Å². The average Bonchev–Trinajstić information content (AvgIpc) is 2.50. The van der Waals surface area contributed by atoms with Gasteiger partial charge in [0.2, 0.25) is 5.91 Å². The monoisotopic (exact) mass is 311 g/mol. The lowest BCUT2D eigenvalue weighted by Gasteiger charge is -2.39. The van der Waals surface area contributed by atoms with Gasteiger partial charge in [0.25, 0.3) is 0 Å². The minimum absolute atomic E-state index is 0.0549. The number of halogens is 2. The first kappa shape index (κ1) is 16.8. The Kier molecular flexibility index (Phi) is 5.47. The number of amides is 1. The topological polar surface area (TPSA) is 49.6 Å². The quantitative estimate of drug-likeness (QED) is 0.924. The number of hydrogen-bond donors (Lipinski definition) is 1. The van der Waals surface area contributed by atoms with Gasteiger partial charge in [0.1, 0.15) is 11.6 Å². The van der Waals surface area contributed by atoms with E-state index < -0.39 is 17.7 Å². The summed E-state index contributed by atoms with van der Waals surface area (Å²) in [6, 6.07) is 3.12. The summed E-state index contributed by atoms with van der Waals surface area (Å²) in [6.07, 6.45) is 0.726. The molecule has 1 saturated heterocycles. The van der Waals surface area contributed by atoms with Gasteiger partial charge in [-0.15, -0.1) is 0 Å². The molecule has 0 radical (unpaired) electrons. The molecule has 1 aromatic carbocycles. The molecule has 1 heterocycles. The molecule has 0 saturated carbocycles. The predicted molar refractivity (Wildman–Crippen MR) is 81.2 cm³/mol. The molecular formula is C16H23F2N3O. The number of benzene rings is 1. The van der Waals surface area contributed by atoms with E-state index >= 15 is 0 Å². The van der Waals surface area contributed by atoms with Crippen LogP contribution in [0.1, 0.15) is 31.9 Å². The van der Waals surface area contributed by atoms with Crippen molar-refractivity contribution in [3.63, 3.8) is 0 Å². The normalized spacial score (nSPS) is 19.0. The molecule has 2 rings (SSSR count). The molecule has 1 aliphatic heterocycles. The van der Waals surface area contributed by atoms with Crippen molar-refractivity contribution in [2.45, 2.75) is 32.4 Å². The summed E-state index contributed by atoms with van der Waals surface area (Å²) in [6.45, 7) is 6.14. The third-order valence-electron chi connectivity index (χ3n) is 4.16. The van der Waals surface area contributed by atoms with Crippen molar-refractivity contribution in [3.8, 4) is 0 Å². The molecule has 1 aromatic rings. The van der Waals surface area contributed by atoms with Gasteiger partial charge in [-0.25, -0.2) is 8.78 Å². The van der Waals surface area contributed by atoms with Gasteiger partial charge in [0.05, 0.1) is 6.04 Å². The molecule has 2 atom stereocenters. The van der Waals surface area contributed by atoms with E-state index in [1.807, 2.05) is 6.92 Å². The van der Waals surface area contributed by atoms with Crippen LogP contribution in [0.25, 0.3) is 0 Å². The van der Waals surface area contributed by atoms with Crippen molar-refractivity contribution in [1.29, 1.82) is 0 Å². The zero-order valence-corrected chi connectivity index (χ0v) is 13.1. The van der Waals surface area contributed by atoms with Gasteiger partial charge in [-0.05, 0) is 19.4 Å². The minimum atomic E-state index is -0.566. The van der Waals surface area contributed by atoms with E-state index in [-0.39, 0.29) is 11.9 Å². The summed E-state index contributed by atoms with van der Waals surface area (Å²) in [4.78, 5) is 15.8. The fraction of sp³-hybridized carbons (Fsp3) is 0.562. The third kappa shape index (κ3) is 3.62. The second-order valence-corrected chi connectivity index (χ2v) is 5.74. The van der Waals surface area contributed by atoms with Crippen molar-refractivity contribution in [1.82, 2.24) is 9.80 Å². The number of piperazine rings is 1. The minimum Gasteiger partial charge on any atom is -0.339 e. The molecule has 1 fully saturated rings. The van der Waals surface area contributed by atoms with Crippen LogP contribution in [0.2, 0.25) is 0 Å². The van der Waals surface area contributed by atoms with Gasteiger partial charge in [-0.1, -0.05) is 13.0 Å². The summed E-state index contributed by atoms with van der Waals surface area (Å²) in [5.41, 5.74) is 6.13. The van der Waals surface area contributed by atoms with Gasteiger partial charge in [-0.3, -0.25) is 9.69 Å². The maximum atomic E-state index is 14.0. The maximum Gasteiger partial charge on any atom is 0.239 e. The first-order chi connectivity index (χ1) is 10.4. The van der Waals surface area contributed by atoms with E-state index in [0.29, 0.717) is 31.7 Å². The van der Waals surface area contributed by atoms with Crippen LogP contribution in [0, 0.1) is 11.6 Å². The Morgan fingerprint density at radius 1 is 1.27 bits per heavy atom. The number of rotatable bonds is 4. The summed E-state index contributed by atoms with van der Waals surface area (Å²) in [7, 11) is 0. The Balaban J connectivity index is 2.06. The summed E-state index contributed by atoms with van der Waals surface area (Å²) in [5, 5.41) is 0. The average molecular weight is 311 g/mol.